The fourth-order valence-corrected chi connectivity index (χ4v) is 4.40. The molecule has 5 nitrogen and oxygen atoms in total. The molecular formula is C23H33ClFN3O2. The van der Waals surface area contributed by atoms with E-state index in [0.717, 1.165) is 19.3 Å². The highest BCUT2D eigenvalue weighted by molar-refractivity contribution is 6.30. The lowest BCUT2D eigenvalue weighted by molar-refractivity contribution is -0.123. The number of nitriles is 1. The van der Waals surface area contributed by atoms with Gasteiger partial charge in [0.05, 0.1) is 23.1 Å². The number of aliphatic hydroxyl groups excluding tert-OH is 1. The van der Waals surface area contributed by atoms with Crippen LogP contribution in [0.15, 0.2) is 18.2 Å². The third-order valence-corrected chi connectivity index (χ3v) is 6.22. The summed E-state index contributed by atoms with van der Waals surface area (Å²) in [5, 5.41) is 25.9. The van der Waals surface area contributed by atoms with Crippen LogP contribution in [0.2, 0.25) is 5.02 Å². The van der Waals surface area contributed by atoms with Crippen molar-refractivity contribution in [1.82, 2.24) is 10.6 Å². The normalized spacial score (nSPS) is 25.0. The van der Waals surface area contributed by atoms with Gasteiger partial charge in [0.2, 0.25) is 5.91 Å². The monoisotopic (exact) mass is 437 g/mol. The van der Waals surface area contributed by atoms with Crippen LogP contribution in [0.4, 0.5) is 4.39 Å². The second kappa shape index (κ2) is 10.6. The van der Waals surface area contributed by atoms with Crippen LogP contribution in [-0.2, 0) is 4.79 Å². The Balaban J connectivity index is 2.39. The SMILES string of the molecule is CCCC[C@H](C)NC(=O)[C@H]1N[C@H](CC(C)(C)CO)[C@@H](C#N)[C@@H]1c1cccc(Cl)c1F. The maximum atomic E-state index is 14.9. The summed E-state index contributed by atoms with van der Waals surface area (Å²) in [5.74, 6) is -2.14. The molecule has 0 saturated carbocycles. The van der Waals surface area contributed by atoms with Gasteiger partial charge in [-0.2, -0.15) is 5.26 Å². The Labute approximate surface area is 184 Å². The number of rotatable bonds is 9. The van der Waals surface area contributed by atoms with Crippen LogP contribution < -0.4 is 10.6 Å². The Morgan fingerprint density at radius 2 is 2.17 bits per heavy atom. The molecule has 0 aliphatic carbocycles. The summed E-state index contributed by atoms with van der Waals surface area (Å²) < 4.78 is 14.9. The van der Waals surface area contributed by atoms with E-state index >= 15 is 0 Å². The van der Waals surface area contributed by atoms with Crippen LogP contribution in [0.1, 0.15) is 64.9 Å². The van der Waals surface area contributed by atoms with Crippen molar-refractivity contribution in [2.45, 2.75) is 77.4 Å². The van der Waals surface area contributed by atoms with E-state index < -0.39 is 29.1 Å². The molecule has 0 radical (unpaired) electrons. The number of nitrogens with zero attached hydrogens (tertiary/aromatic N) is 1. The van der Waals surface area contributed by atoms with Crippen molar-refractivity contribution < 1.29 is 14.3 Å². The van der Waals surface area contributed by atoms with Crippen LogP contribution >= 0.6 is 11.6 Å². The first-order valence-electron chi connectivity index (χ1n) is 10.7. The van der Waals surface area contributed by atoms with Crippen molar-refractivity contribution in [2.75, 3.05) is 6.61 Å². The molecule has 2 rings (SSSR count). The number of aliphatic hydroxyl groups is 1. The number of benzene rings is 1. The lowest BCUT2D eigenvalue weighted by atomic mass is 9.77. The van der Waals surface area contributed by atoms with Gasteiger partial charge in [0.1, 0.15) is 5.82 Å². The van der Waals surface area contributed by atoms with Crippen molar-refractivity contribution in [1.29, 1.82) is 5.26 Å². The fraction of sp³-hybridized carbons (Fsp3) is 0.652. The van der Waals surface area contributed by atoms with Gasteiger partial charge in [-0.1, -0.05) is 57.3 Å². The predicted molar refractivity (Wildman–Crippen MR) is 117 cm³/mol. The smallest absolute Gasteiger partial charge is 0.238 e. The molecule has 5 atom stereocenters. The van der Waals surface area contributed by atoms with E-state index in [0.29, 0.717) is 6.42 Å². The number of carbonyl (C=O) groups excluding carboxylic acids is 1. The van der Waals surface area contributed by atoms with Gasteiger partial charge in [-0.25, -0.2) is 4.39 Å². The van der Waals surface area contributed by atoms with E-state index in [1.54, 1.807) is 12.1 Å². The highest BCUT2D eigenvalue weighted by Gasteiger charge is 2.49. The molecule has 1 saturated heterocycles. The van der Waals surface area contributed by atoms with Crippen molar-refractivity contribution in [2.24, 2.45) is 11.3 Å². The van der Waals surface area contributed by atoms with Crippen LogP contribution in [0.25, 0.3) is 0 Å². The minimum atomic E-state index is -0.758. The van der Waals surface area contributed by atoms with Gasteiger partial charge in [0, 0.05) is 24.6 Å². The second-order valence-electron chi connectivity index (χ2n) is 9.15. The number of halogens is 2. The third-order valence-electron chi connectivity index (χ3n) is 5.93. The Hall–Kier alpha value is -1.68. The molecule has 1 aromatic rings. The first kappa shape index (κ1) is 24.6. The summed E-state index contributed by atoms with van der Waals surface area (Å²) in [7, 11) is 0. The topological polar surface area (TPSA) is 85.2 Å². The number of hydrogen-bond acceptors (Lipinski definition) is 4. The average Bonchev–Trinajstić information content (AvgIpc) is 3.05. The Morgan fingerprint density at radius 1 is 1.47 bits per heavy atom. The molecule has 7 heteroatoms. The largest absolute Gasteiger partial charge is 0.396 e. The Bertz CT molecular complexity index is 780. The first-order valence-corrected chi connectivity index (χ1v) is 11.0. The highest BCUT2D eigenvalue weighted by Crippen LogP contribution is 2.42. The maximum absolute atomic E-state index is 14.9. The molecule has 0 unspecified atom stereocenters. The number of amides is 1. The molecule has 1 fully saturated rings. The number of carbonyl (C=O) groups is 1. The summed E-state index contributed by atoms with van der Waals surface area (Å²) in [6.45, 7) is 7.79. The predicted octanol–water partition coefficient (Wildman–Crippen LogP) is 4.15. The lowest BCUT2D eigenvalue weighted by Crippen LogP contribution is -2.48. The van der Waals surface area contributed by atoms with Crippen LogP contribution in [0.3, 0.4) is 0 Å². The van der Waals surface area contributed by atoms with E-state index in [1.165, 1.54) is 6.07 Å². The van der Waals surface area contributed by atoms with E-state index in [9.17, 15) is 19.6 Å². The molecular weight excluding hydrogens is 405 g/mol. The number of hydrogen-bond donors (Lipinski definition) is 3. The molecule has 1 aliphatic heterocycles. The van der Waals surface area contributed by atoms with Crippen molar-refractivity contribution >= 4 is 17.5 Å². The average molecular weight is 438 g/mol. The van der Waals surface area contributed by atoms with Gasteiger partial charge in [-0.15, -0.1) is 0 Å². The molecule has 1 amide bonds. The molecule has 0 aromatic heterocycles. The molecule has 3 N–H and O–H groups in total. The standard InChI is InChI=1S/C23H33ClFN3O2/c1-5-6-8-14(2)27-22(30)21-19(15-9-7-10-17(24)20(15)25)16(12-26)18(28-21)11-23(3,4)13-29/h7,9-10,14,16,18-19,21,28-29H,5-6,8,11,13H2,1-4H3,(H,27,30)/t14-,16+,18+,19-,21-/m0/s1. The zero-order valence-electron chi connectivity index (χ0n) is 18.2. The van der Waals surface area contributed by atoms with Crippen LogP contribution in [-0.4, -0.2) is 35.7 Å². The Morgan fingerprint density at radius 3 is 2.77 bits per heavy atom. The second-order valence-corrected chi connectivity index (χ2v) is 9.56. The molecule has 166 valence electrons. The minimum Gasteiger partial charge on any atom is -0.396 e. The number of nitrogens with one attached hydrogen (secondary N) is 2. The molecule has 0 spiro atoms. The third kappa shape index (κ3) is 5.72. The molecule has 1 heterocycles. The van der Waals surface area contributed by atoms with Crippen molar-refractivity contribution in [3.05, 3.63) is 34.6 Å². The number of unbranched alkanes of at least 4 members (excludes halogenated alkanes) is 1. The van der Waals surface area contributed by atoms with E-state index in [1.807, 2.05) is 20.8 Å². The van der Waals surface area contributed by atoms with E-state index in [4.69, 9.17) is 11.6 Å². The quantitative estimate of drug-likeness (QED) is 0.541. The Kier molecular flexibility index (Phi) is 8.66. The van der Waals surface area contributed by atoms with Gasteiger partial charge < -0.3 is 15.7 Å². The van der Waals surface area contributed by atoms with Crippen LogP contribution in [0.5, 0.6) is 0 Å². The summed E-state index contributed by atoms with van der Waals surface area (Å²) >= 11 is 6.01. The van der Waals surface area contributed by atoms with E-state index in [-0.39, 0.29) is 35.2 Å². The first-order chi connectivity index (χ1) is 14.1. The van der Waals surface area contributed by atoms with Crippen LogP contribution in [0, 0.1) is 28.5 Å². The fourth-order valence-electron chi connectivity index (χ4n) is 4.22. The summed E-state index contributed by atoms with van der Waals surface area (Å²) in [4.78, 5) is 13.2. The zero-order chi connectivity index (χ0) is 22.5. The molecule has 1 aromatic carbocycles. The maximum Gasteiger partial charge on any atom is 0.238 e. The minimum absolute atomic E-state index is 0.0161. The van der Waals surface area contributed by atoms with Gasteiger partial charge in [-0.05, 0) is 36.8 Å². The zero-order valence-corrected chi connectivity index (χ0v) is 19.0. The van der Waals surface area contributed by atoms with Gasteiger partial charge in [-0.3, -0.25) is 4.79 Å². The molecule has 30 heavy (non-hydrogen) atoms. The molecule has 0 bridgehead atoms. The van der Waals surface area contributed by atoms with Gasteiger partial charge >= 0.3 is 0 Å². The highest BCUT2D eigenvalue weighted by atomic mass is 35.5. The summed E-state index contributed by atoms with van der Waals surface area (Å²) in [6, 6.07) is 5.85. The van der Waals surface area contributed by atoms with Gasteiger partial charge in [0.15, 0.2) is 0 Å². The van der Waals surface area contributed by atoms with Gasteiger partial charge in [0.25, 0.3) is 0 Å². The summed E-state index contributed by atoms with van der Waals surface area (Å²) in [5.41, 5.74) is -0.170. The van der Waals surface area contributed by atoms with Crippen molar-refractivity contribution in [3.8, 4) is 6.07 Å². The summed E-state index contributed by atoms with van der Waals surface area (Å²) in [6.07, 6.45) is 3.37. The van der Waals surface area contributed by atoms with E-state index in [2.05, 4.69) is 23.6 Å². The van der Waals surface area contributed by atoms with Crippen molar-refractivity contribution in [3.63, 3.8) is 0 Å². The molecule has 1 aliphatic rings. The lowest BCUT2D eigenvalue weighted by Gasteiger charge is -2.27.